The number of fused-ring (bicyclic) bond motifs is 2. The topological polar surface area (TPSA) is 70.0 Å². The summed E-state index contributed by atoms with van der Waals surface area (Å²) in [6.07, 6.45) is -0.259. The van der Waals surface area contributed by atoms with Gasteiger partial charge in [0.2, 0.25) is 0 Å². The summed E-state index contributed by atoms with van der Waals surface area (Å²) in [4.78, 5) is 12.3. The Bertz CT molecular complexity index is 206. The summed E-state index contributed by atoms with van der Waals surface area (Å²) >= 11 is 0. The molecule has 2 bridgehead atoms. The van der Waals surface area contributed by atoms with E-state index in [1.165, 1.54) is 4.90 Å². The number of carboxylic acid groups (broad SMARTS) is 1. The second-order valence-electron chi connectivity index (χ2n) is 3.66. The number of ether oxygens (including phenoxy) is 1. The SMILES string of the molecule is O=C(O)N1[C@@H]2COC[C@H]1C[C@@H](O)C2. The normalized spacial score (nSPS) is 38.8. The van der Waals surface area contributed by atoms with Crippen molar-refractivity contribution in [3.63, 3.8) is 0 Å². The zero-order chi connectivity index (χ0) is 9.42. The number of aliphatic hydroxyl groups is 1. The molecule has 2 rings (SSSR count). The number of aliphatic hydroxyl groups excluding tert-OH is 1. The van der Waals surface area contributed by atoms with Crippen molar-refractivity contribution >= 4 is 6.09 Å². The van der Waals surface area contributed by atoms with Crippen molar-refractivity contribution < 1.29 is 19.7 Å². The van der Waals surface area contributed by atoms with Crippen LogP contribution in [-0.2, 0) is 4.74 Å². The maximum absolute atomic E-state index is 10.9. The van der Waals surface area contributed by atoms with Crippen LogP contribution in [0.4, 0.5) is 4.79 Å². The van der Waals surface area contributed by atoms with Gasteiger partial charge in [-0.2, -0.15) is 0 Å². The minimum atomic E-state index is -0.898. The van der Waals surface area contributed by atoms with Crippen LogP contribution in [0.3, 0.4) is 0 Å². The van der Waals surface area contributed by atoms with Crippen LogP contribution >= 0.6 is 0 Å². The number of nitrogens with zero attached hydrogens (tertiary/aromatic N) is 1. The van der Waals surface area contributed by atoms with Crippen LogP contribution in [0.25, 0.3) is 0 Å². The van der Waals surface area contributed by atoms with E-state index in [4.69, 9.17) is 9.84 Å². The van der Waals surface area contributed by atoms with Crippen molar-refractivity contribution in [2.45, 2.75) is 31.0 Å². The number of piperidine rings is 1. The smallest absolute Gasteiger partial charge is 0.407 e. The zero-order valence-electron chi connectivity index (χ0n) is 7.22. The Hall–Kier alpha value is -0.810. The molecule has 2 N–H and O–H groups in total. The monoisotopic (exact) mass is 187 g/mol. The molecular weight excluding hydrogens is 174 g/mol. The van der Waals surface area contributed by atoms with E-state index in [-0.39, 0.29) is 18.2 Å². The molecule has 0 spiro atoms. The van der Waals surface area contributed by atoms with Gasteiger partial charge in [-0.25, -0.2) is 4.79 Å². The van der Waals surface area contributed by atoms with Crippen molar-refractivity contribution in [3.8, 4) is 0 Å². The molecular formula is C8H13NO4. The lowest BCUT2D eigenvalue weighted by atomic mass is 9.92. The summed E-state index contributed by atoms with van der Waals surface area (Å²) in [7, 11) is 0. The summed E-state index contributed by atoms with van der Waals surface area (Å²) in [6, 6.07) is -0.306. The largest absolute Gasteiger partial charge is 0.465 e. The van der Waals surface area contributed by atoms with Gasteiger partial charge in [0.15, 0.2) is 0 Å². The lowest BCUT2D eigenvalue weighted by Gasteiger charge is -2.45. The van der Waals surface area contributed by atoms with Crippen molar-refractivity contribution in [2.75, 3.05) is 13.2 Å². The first kappa shape index (κ1) is 8.77. The summed E-state index contributed by atoms with van der Waals surface area (Å²) in [5.41, 5.74) is 0. The van der Waals surface area contributed by atoms with Crippen molar-refractivity contribution in [1.29, 1.82) is 0 Å². The highest BCUT2D eigenvalue weighted by atomic mass is 16.5. The van der Waals surface area contributed by atoms with Crippen LogP contribution < -0.4 is 0 Å². The molecule has 0 radical (unpaired) electrons. The van der Waals surface area contributed by atoms with Crippen LogP contribution in [0.5, 0.6) is 0 Å². The average Bonchev–Trinajstić information content (AvgIpc) is 2.01. The molecule has 74 valence electrons. The summed E-state index contributed by atoms with van der Waals surface area (Å²) in [6.45, 7) is 0.833. The van der Waals surface area contributed by atoms with Crippen LogP contribution in [0.1, 0.15) is 12.8 Å². The van der Waals surface area contributed by atoms with Gasteiger partial charge in [0.1, 0.15) is 0 Å². The highest BCUT2D eigenvalue weighted by Gasteiger charge is 2.41. The van der Waals surface area contributed by atoms with Crippen molar-refractivity contribution in [3.05, 3.63) is 0 Å². The fraction of sp³-hybridized carbons (Fsp3) is 0.875. The maximum Gasteiger partial charge on any atom is 0.407 e. The van der Waals surface area contributed by atoms with Gasteiger partial charge < -0.3 is 14.9 Å². The molecule has 2 fully saturated rings. The van der Waals surface area contributed by atoms with Gasteiger partial charge in [-0.15, -0.1) is 0 Å². The van der Waals surface area contributed by atoms with Gasteiger partial charge in [0.25, 0.3) is 0 Å². The molecule has 0 aromatic heterocycles. The van der Waals surface area contributed by atoms with E-state index < -0.39 is 6.09 Å². The van der Waals surface area contributed by atoms with Gasteiger partial charge in [-0.1, -0.05) is 0 Å². The van der Waals surface area contributed by atoms with Crippen LogP contribution in [0, 0.1) is 0 Å². The summed E-state index contributed by atoms with van der Waals surface area (Å²) in [5, 5.41) is 18.4. The molecule has 0 saturated carbocycles. The van der Waals surface area contributed by atoms with Gasteiger partial charge in [-0.05, 0) is 12.8 Å². The molecule has 2 heterocycles. The molecule has 2 aliphatic rings. The predicted molar refractivity (Wildman–Crippen MR) is 43.5 cm³/mol. The standard InChI is InChI=1S/C8H13NO4/c10-7-1-5-3-13-4-6(2-7)9(5)8(11)12/h5-7,10H,1-4H2,(H,11,12)/t5-,6+,7-. The third-order valence-electron chi connectivity index (χ3n) is 2.72. The van der Waals surface area contributed by atoms with E-state index in [0.717, 1.165) is 0 Å². The Morgan fingerprint density at radius 1 is 1.31 bits per heavy atom. The first-order valence-corrected chi connectivity index (χ1v) is 4.45. The highest BCUT2D eigenvalue weighted by molar-refractivity contribution is 5.66. The van der Waals surface area contributed by atoms with E-state index in [1.54, 1.807) is 0 Å². The molecule has 5 heteroatoms. The second-order valence-corrected chi connectivity index (χ2v) is 3.66. The third-order valence-corrected chi connectivity index (χ3v) is 2.72. The lowest BCUT2D eigenvalue weighted by molar-refractivity contribution is -0.0905. The maximum atomic E-state index is 10.9. The molecule has 2 aliphatic heterocycles. The molecule has 2 saturated heterocycles. The minimum Gasteiger partial charge on any atom is -0.465 e. The molecule has 3 atom stereocenters. The Morgan fingerprint density at radius 3 is 2.31 bits per heavy atom. The van der Waals surface area contributed by atoms with E-state index in [0.29, 0.717) is 26.1 Å². The quantitative estimate of drug-likeness (QED) is 0.555. The summed E-state index contributed by atoms with van der Waals surface area (Å²) in [5.74, 6) is 0. The second kappa shape index (κ2) is 3.16. The van der Waals surface area contributed by atoms with E-state index in [2.05, 4.69) is 0 Å². The van der Waals surface area contributed by atoms with Crippen molar-refractivity contribution in [2.24, 2.45) is 0 Å². The van der Waals surface area contributed by atoms with E-state index in [1.807, 2.05) is 0 Å². The fourth-order valence-electron chi connectivity index (χ4n) is 2.20. The molecule has 13 heavy (non-hydrogen) atoms. The molecule has 0 aliphatic carbocycles. The van der Waals surface area contributed by atoms with Crippen LogP contribution in [-0.4, -0.2) is 52.6 Å². The van der Waals surface area contributed by atoms with Gasteiger partial charge >= 0.3 is 6.09 Å². The Balaban J connectivity index is 2.14. The Morgan fingerprint density at radius 2 is 1.85 bits per heavy atom. The lowest BCUT2D eigenvalue weighted by Crippen LogP contribution is -2.59. The fourth-order valence-corrected chi connectivity index (χ4v) is 2.20. The first-order chi connectivity index (χ1) is 6.18. The third kappa shape index (κ3) is 1.49. The molecule has 0 unspecified atom stereocenters. The van der Waals surface area contributed by atoms with E-state index in [9.17, 15) is 9.90 Å². The van der Waals surface area contributed by atoms with Gasteiger partial charge in [0.05, 0.1) is 31.4 Å². The average molecular weight is 187 g/mol. The number of hydrogen-bond acceptors (Lipinski definition) is 3. The van der Waals surface area contributed by atoms with E-state index >= 15 is 0 Å². The van der Waals surface area contributed by atoms with Crippen LogP contribution in [0.15, 0.2) is 0 Å². The first-order valence-electron chi connectivity index (χ1n) is 4.45. The van der Waals surface area contributed by atoms with Crippen molar-refractivity contribution in [1.82, 2.24) is 4.90 Å². The predicted octanol–water partition coefficient (Wildman–Crippen LogP) is -0.112. The minimum absolute atomic E-state index is 0.153. The number of hydrogen-bond donors (Lipinski definition) is 2. The molecule has 1 amide bonds. The Labute approximate surface area is 75.9 Å². The zero-order valence-corrected chi connectivity index (χ0v) is 7.22. The number of carbonyl (C=O) groups is 1. The highest BCUT2D eigenvalue weighted by Crippen LogP contribution is 2.27. The number of amides is 1. The molecule has 0 aromatic carbocycles. The van der Waals surface area contributed by atoms with Gasteiger partial charge in [0, 0.05) is 0 Å². The van der Waals surface area contributed by atoms with Gasteiger partial charge in [-0.3, -0.25) is 4.90 Å². The Kier molecular flexibility index (Phi) is 2.13. The van der Waals surface area contributed by atoms with Crippen LogP contribution in [0.2, 0.25) is 0 Å². The number of morpholine rings is 1. The molecule has 5 nitrogen and oxygen atoms in total. The summed E-state index contributed by atoms with van der Waals surface area (Å²) < 4.78 is 5.25. The molecule has 0 aromatic rings. The number of rotatable bonds is 0.